The summed E-state index contributed by atoms with van der Waals surface area (Å²) in [6.45, 7) is -0.636. The minimum atomic E-state index is -4.68. The highest BCUT2D eigenvalue weighted by atomic mass is 19.4. The van der Waals surface area contributed by atoms with Crippen LogP contribution in [-0.4, -0.2) is 16.8 Å². The number of alkyl halides is 6. The maximum absolute atomic E-state index is 12.9. The van der Waals surface area contributed by atoms with Crippen LogP contribution in [0.2, 0.25) is 0 Å². The van der Waals surface area contributed by atoms with Crippen LogP contribution < -0.4 is 0 Å². The Morgan fingerprint density at radius 1 is 0.680 bits per heavy atom. The normalized spacial score (nSPS) is 13.1. The molecule has 0 bridgehead atoms. The van der Waals surface area contributed by atoms with E-state index in [1.54, 1.807) is 0 Å². The van der Waals surface area contributed by atoms with E-state index in [-0.39, 0.29) is 11.1 Å². The molecular formula is C17H14F6O2. The largest absolute Gasteiger partial charge is 0.416 e. The van der Waals surface area contributed by atoms with Gasteiger partial charge in [-0.15, -0.1) is 0 Å². The molecule has 0 aliphatic rings. The lowest BCUT2D eigenvalue weighted by Crippen LogP contribution is -2.29. The molecule has 0 heterocycles. The summed E-state index contributed by atoms with van der Waals surface area (Å²) < 4.78 is 77.3. The molecule has 0 aromatic heterocycles. The molecule has 0 fully saturated rings. The molecule has 2 N–H and O–H groups in total. The van der Waals surface area contributed by atoms with Gasteiger partial charge in [0.05, 0.1) is 11.1 Å². The minimum absolute atomic E-state index is 0.254. The number of halogens is 6. The molecule has 0 saturated heterocycles. The molecule has 0 radical (unpaired) electrons. The van der Waals surface area contributed by atoms with Crippen molar-refractivity contribution < 1.29 is 36.6 Å². The first-order valence-corrected chi connectivity index (χ1v) is 7.17. The van der Waals surface area contributed by atoms with Gasteiger partial charge in [-0.1, -0.05) is 24.3 Å². The van der Waals surface area contributed by atoms with Gasteiger partial charge in [-0.2, -0.15) is 26.3 Å². The molecule has 25 heavy (non-hydrogen) atoms. The zero-order valence-corrected chi connectivity index (χ0v) is 12.7. The molecule has 0 spiro atoms. The van der Waals surface area contributed by atoms with Gasteiger partial charge in [-0.3, -0.25) is 0 Å². The summed E-state index contributed by atoms with van der Waals surface area (Å²) in [6, 6.07) is 7.34. The van der Waals surface area contributed by atoms with Gasteiger partial charge in [-0.05, 0) is 35.4 Å². The molecule has 0 atom stereocenters. The molecule has 0 aliphatic heterocycles. The summed E-state index contributed by atoms with van der Waals surface area (Å²) in [7, 11) is 0. The zero-order valence-electron chi connectivity index (χ0n) is 12.7. The van der Waals surface area contributed by atoms with Crippen LogP contribution in [-0.2, 0) is 18.0 Å². The SMILES string of the molecule is OCCC(O)(c1cccc(C(F)(F)F)c1)c1cccc(C(F)(F)F)c1. The van der Waals surface area contributed by atoms with Crippen molar-refractivity contribution in [2.45, 2.75) is 24.4 Å². The predicted octanol–water partition coefficient (Wildman–Crippen LogP) is 4.34. The lowest BCUT2D eigenvalue weighted by atomic mass is 9.82. The van der Waals surface area contributed by atoms with Crippen LogP contribution in [0.3, 0.4) is 0 Å². The maximum Gasteiger partial charge on any atom is 0.416 e. The number of hydrogen-bond acceptors (Lipinski definition) is 2. The van der Waals surface area contributed by atoms with Crippen LogP contribution in [0.25, 0.3) is 0 Å². The van der Waals surface area contributed by atoms with Crippen LogP contribution in [0.4, 0.5) is 26.3 Å². The number of aliphatic hydroxyl groups excluding tert-OH is 1. The summed E-state index contributed by atoms with van der Waals surface area (Å²) in [5.74, 6) is 0. The molecule has 0 saturated carbocycles. The second-order valence-corrected chi connectivity index (χ2v) is 5.49. The second kappa shape index (κ2) is 6.68. The third-order valence-electron chi connectivity index (χ3n) is 3.81. The Hall–Kier alpha value is -2.06. The smallest absolute Gasteiger partial charge is 0.396 e. The summed E-state index contributed by atoms with van der Waals surface area (Å²) >= 11 is 0. The van der Waals surface area contributed by atoms with E-state index in [4.69, 9.17) is 0 Å². The highest BCUT2D eigenvalue weighted by Gasteiger charge is 2.37. The van der Waals surface area contributed by atoms with E-state index in [9.17, 15) is 36.6 Å². The summed E-state index contributed by atoms with van der Waals surface area (Å²) in [5, 5.41) is 20.0. The fourth-order valence-corrected chi connectivity index (χ4v) is 2.52. The van der Waals surface area contributed by atoms with Crippen molar-refractivity contribution in [1.29, 1.82) is 0 Å². The number of hydrogen-bond donors (Lipinski definition) is 2. The van der Waals surface area contributed by atoms with Gasteiger partial charge >= 0.3 is 12.4 Å². The zero-order chi connectivity index (χ0) is 18.9. The Balaban J connectivity index is 2.60. The average Bonchev–Trinajstić information content (AvgIpc) is 2.54. The van der Waals surface area contributed by atoms with Gasteiger partial charge < -0.3 is 10.2 Å². The Kier molecular flexibility index (Phi) is 5.15. The third-order valence-corrected chi connectivity index (χ3v) is 3.81. The molecule has 8 heteroatoms. The van der Waals surface area contributed by atoms with E-state index < -0.39 is 42.1 Å². The lowest BCUT2D eigenvalue weighted by molar-refractivity contribution is -0.138. The molecule has 0 amide bonds. The van der Waals surface area contributed by atoms with Crippen LogP contribution >= 0.6 is 0 Å². The molecule has 2 rings (SSSR count). The fraction of sp³-hybridized carbons (Fsp3) is 0.294. The van der Waals surface area contributed by atoms with Crippen LogP contribution in [0, 0.1) is 0 Å². The van der Waals surface area contributed by atoms with Crippen LogP contribution in [0.5, 0.6) is 0 Å². The summed E-state index contributed by atoms with van der Waals surface area (Å²) in [6.07, 6.45) is -9.82. The first-order chi connectivity index (χ1) is 11.5. The van der Waals surface area contributed by atoms with Gasteiger partial charge in [0.15, 0.2) is 0 Å². The van der Waals surface area contributed by atoms with Crippen molar-refractivity contribution >= 4 is 0 Å². The van der Waals surface area contributed by atoms with Crippen LogP contribution in [0.15, 0.2) is 48.5 Å². The molecule has 136 valence electrons. The highest BCUT2D eigenvalue weighted by molar-refractivity contribution is 5.40. The molecule has 2 aromatic carbocycles. The van der Waals surface area contributed by atoms with Gasteiger partial charge in [0.25, 0.3) is 0 Å². The van der Waals surface area contributed by atoms with Crippen molar-refractivity contribution in [1.82, 2.24) is 0 Å². The first-order valence-electron chi connectivity index (χ1n) is 7.17. The van der Waals surface area contributed by atoms with Crippen molar-refractivity contribution in [3.8, 4) is 0 Å². The van der Waals surface area contributed by atoms with E-state index in [0.29, 0.717) is 12.1 Å². The third kappa shape index (κ3) is 4.13. The molecule has 0 aliphatic carbocycles. The van der Waals surface area contributed by atoms with Gasteiger partial charge in [-0.25, -0.2) is 0 Å². The van der Waals surface area contributed by atoms with Crippen molar-refractivity contribution in [2.24, 2.45) is 0 Å². The molecule has 0 unspecified atom stereocenters. The van der Waals surface area contributed by atoms with E-state index in [1.807, 2.05) is 0 Å². The lowest BCUT2D eigenvalue weighted by Gasteiger charge is -2.30. The molecule has 2 nitrogen and oxygen atoms in total. The number of rotatable bonds is 4. The van der Waals surface area contributed by atoms with Gasteiger partial charge in [0, 0.05) is 13.0 Å². The quantitative estimate of drug-likeness (QED) is 0.793. The van der Waals surface area contributed by atoms with Gasteiger partial charge in [0.2, 0.25) is 0 Å². The second-order valence-electron chi connectivity index (χ2n) is 5.49. The Labute approximate surface area is 139 Å². The Bertz CT molecular complexity index is 679. The van der Waals surface area contributed by atoms with E-state index >= 15 is 0 Å². The highest BCUT2D eigenvalue weighted by Crippen LogP contribution is 2.39. The van der Waals surface area contributed by atoms with E-state index in [2.05, 4.69) is 0 Å². The predicted molar refractivity (Wildman–Crippen MR) is 77.6 cm³/mol. The topological polar surface area (TPSA) is 40.5 Å². The standard InChI is InChI=1S/C17H14F6O2/c18-16(19,20)13-5-1-3-11(9-13)15(25,7-8-24)12-4-2-6-14(10-12)17(21,22)23/h1-6,9-10,24-25H,7-8H2. The average molecular weight is 364 g/mol. The Morgan fingerprint density at radius 2 is 1.04 bits per heavy atom. The monoisotopic (exact) mass is 364 g/mol. The number of benzene rings is 2. The van der Waals surface area contributed by atoms with Gasteiger partial charge in [0.1, 0.15) is 5.60 Å². The summed E-state index contributed by atoms with van der Waals surface area (Å²) in [5.41, 5.74) is -4.80. The fourth-order valence-electron chi connectivity index (χ4n) is 2.52. The maximum atomic E-state index is 12.9. The van der Waals surface area contributed by atoms with Crippen molar-refractivity contribution in [3.05, 3.63) is 70.8 Å². The van der Waals surface area contributed by atoms with Crippen molar-refractivity contribution in [3.63, 3.8) is 0 Å². The Morgan fingerprint density at radius 3 is 1.36 bits per heavy atom. The van der Waals surface area contributed by atoms with Crippen molar-refractivity contribution in [2.75, 3.05) is 6.61 Å². The molecular weight excluding hydrogens is 350 g/mol. The first kappa shape index (κ1) is 19.3. The van der Waals surface area contributed by atoms with E-state index in [0.717, 1.165) is 24.3 Å². The van der Waals surface area contributed by atoms with Crippen LogP contribution in [0.1, 0.15) is 28.7 Å². The minimum Gasteiger partial charge on any atom is -0.396 e. The number of aliphatic hydroxyl groups is 2. The van der Waals surface area contributed by atoms with E-state index in [1.165, 1.54) is 12.1 Å². The summed E-state index contributed by atoms with van der Waals surface area (Å²) in [4.78, 5) is 0. The molecule has 2 aromatic rings.